The van der Waals surface area contributed by atoms with Crippen molar-refractivity contribution in [3.8, 4) is 11.3 Å². The predicted molar refractivity (Wildman–Crippen MR) is 77.1 cm³/mol. The Kier molecular flexibility index (Phi) is 3.72. The molecule has 0 aliphatic heterocycles. The molecule has 2 rings (SSSR count). The van der Waals surface area contributed by atoms with E-state index in [2.05, 4.69) is 27.6 Å². The van der Waals surface area contributed by atoms with Gasteiger partial charge in [-0.05, 0) is 47.2 Å². The number of benzene rings is 1. The summed E-state index contributed by atoms with van der Waals surface area (Å²) in [4.78, 5) is 4.36. The molecule has 0 unspecified atom stereocenters. The number of pyridine rings is 1. The maximum absolute atomic E-state index is 6.15. The van der Waals surface area contributed by atoms with Gasteiger partial charge in [-0.3, -0.25) is 4.98 Å². The monoisotopic (exact) mass is 363 g/mol. The van der Waals surface area contributed by atoms with E-state index in [1.165, 1.54) is 3.57 Å². The van der Waals surface area contributed by atoms with E-state index in [1.807, 2.05) is 31.3 Å². The summed E-state index contributed by atoms with van der Waals surface area (Å²) >= 11 is 14.4. The van der Waals surface area contributed by atoms with E-state index in [4.69, 9.17) is 23.2 Å². The Morgan fingerprint density at radius 1 is 1.25 bits per heavy atom. The van der Waals surface area contributed by atoms with Crippen molar-refractivity contribution in [1.82, 2.24) is 4.98 Å². The number of rotatable bonds is 1. The van der Waals surface area contributed by atoms with Gasteiger partial charge in [0.25, 0.3) is 0 Å². The molecule has 0 aliphatic rings. The molecular formula is C12H8Cl2IN. The van der Waals surface area contributed by atoms with Crippen LogP contribution in [-0.2, 0) is 0 Å². The van der Waals surface area contributed by atoms with Gasteiger partial charge in [0.1, 0.15) is 0 Å². The molecule has 1 aromatic heterocycles. The molecule has 0 aliphatic carbocycles. The minimum absolute atomic E-state index is 0.552. The fourth-order valence-corrected chi connectivity index (χ4v) is 2.18. The summed E-state index contributed by atoms with van der Waals surface area (Å²) in [7, 11) is 0. The first-order chi connectivity index (χ1) is 7.59. The highest BCUT2D eigenvalue weighted by Gasteiger charge is 2.08. The average molecular weight is 364 g/mol. The van der Waals surface area contributed by atoms with Gasteiger partial charge in [-0.2, -0.15) is 0 Å². The van der Waals surface area contributed by atoms with Gasteiger partial charge in [0.2, 0.25) is 0 Å². The molecule has 0 atom stereocenters. The zero-order chi connectivity index (χ0) is 11.7. The molecule has 4 heteroatoms. The molecule has 0 amide bonds. The van der Waals surface area contributed by atoms with Crippen LogP contribution in [0.1, 0.15) is 5.56 Å². The smallest absolute Gasteiger partial charge is 0.0728 e. The second-order valence-electron chi connectivity index (χ2n) is 3.42. The molecule has 16 heavy (non-hydrogen) atoms. The molecule has 82 valence electrons. The summed E-state index contributed by atoms with van der Waals surface area (Å²) in [6.45, 7) is 2.03. The van der Waals surface area contributed by atoms with Gasteiger partial charge < -0.3 is 0 Å². The summed E-state index contributed by atoms with van der Waals surface area (Å²) in [5.41, 5.74) is 2.87. The van der Waals surface area contributed by atoms with Gasteiger partial charge in [-0.1, -0.05) is 35.3 Å². The largest absolute Gasteiger partial charge is 0.256 e. The second-order valence-corrected chi connectivity index (χ2v) is 5.37. The summed E-state index contributed by atoms with van der Waals surface area (Å²) in [5, 5.41) is 1.10. The normalized spacial score (nSPS) is 10.5. The Labute approximate surface area is 118 Å². The Bertz CT molecular complexity index is 541. The van der Waals surface area contributed by atoms with Gasteiger partial charge in [0.15, 0.2) is 0 Å². The van der Waals surface area contributed by atoms with Crippen molar-refractivity contribution in [2.24, 2.45) is 0 Å². The highest BCUT2D eigenvalue weighted by molar-refractivity contribution is 14.1. The number of aryl methyl sites for hydroxylation is 1. The predicted octanol–water partition coefficient (Wildman–Crippen LogP) is 4.97. The summed E-state index contributed by atoms with van der Waals surface area (Å²) in [6, 6.07) is 7.57. The highest BCUT2D eigenvalue weighted by atomic mass is 127. The van der Waals surface area contributed by atoms with Crippen LogP contribution in [0.2, 0.25) is 10.0 Å². The first-order valence-corrected chi connectivity index (χ1v) is 6.49. The highest BCUT2D eigenvalue weighted by Crippen LogP contribution is 2.33. The van der Waals surface area contributed by atoms with Crippen LogP contribution >= 0.6 is 45.8 Å². The van der Waals surface area contributed by atoms with Gasteiger partial charge in [-0.25, -0.2) is 0 Å². The molecule has 0 spiro atoms. The maximum atomic E-state index is 6.15. The average Bonchev–Trinajstić information content (AvgIpc) is 2.26. The molecular weight excluding hydrogens is 356 g/mol. The maximum Gasteiger partial charge on any atom is 0.0728 e. The Morgan fingerprint density at radius 3 is 2.69 bits per heavy atom. The lowest BCUT2D eigenvalue weighted by Crippen LogP contribution is -1.89. The first-order valence-electron chi connectivity index (χ1n) is 4.66. The van der Waals surface area contributed by atoms with Crippen LogP contribution in [0, 0.1) is 10.5 Å². The minimum Gasteiger partial charge on any atom is -0.256 e. The van der Waals surface area contributed by atoms with Crippen LogP contribution in [-0.4, -0.2) is 4.98 Å². The van der Waals surface area contributed by atoms with Crippen LogP contribution < -0.4 is 0 Å². The lowest BCUT2D eigenvalue weighted by molar-refractivity contribution is 1.25. The molecule has 0 radical (unpaired) electrons. The number of hydrogen-bond acceptors (Lipinski definition) is 1. The quantitative estimate of drug-likeness (QED) is 0.652. The first kappa shape index (κ1) is 12.1. The zero-order valence-corrected chi connectivity index (χ0v) is 12.1. The van der Waals surface area contributed by atoms with Crippen molar-refractivity contribution in [2.45, 2.75) is 6.92 Å². The topological polar surface area (TPSA) is 12.9 Å². The van der Waals surface area contributed by atoms with Gasteiger partial charge in [-0.15, -0.1) is 0 Å². The summed E-state index contributed by atoms with van der Waals surface area (Å²) in [6.07, 6.45) is 1.84. The van der Waals surface area contributed by atoms with E-state index >= 15 is 0 Å². The number of aromatic nitrogens is 1. The van der Waals surface area contributed by atoms with E-state index in [1.54, 1.807) is 6.07 Å². The van der Waals surface area contributed by atoms with Crippen molar-refractivity contribution in [3.63, 3.8) is 0 Å². The SMILES string of the molecule is Cc1cnc(-c2cccc(Cl)c2Cl)cc1I. The van der Waals surface area contributed by atoms with E-state index in [0.717, 1.165) is 16.8 Å². The fraction of sp³-hybridized carbons (Fsp3) is 0.0833. The van der Waals surface area contributed by atoms with Crippen LogP contribution in [0.4, 0.5) is 0 Å². The van der Waals surface area contributed by atoms with E-state index in [-0.39, 0.29) is 0 Å². The third-order valence-electron chi connectivity index (χ3n) is 2.26. The van der Waals surface area contributed by atoms with Crippen molar-refractivity contribution in [1.29, 1.82) is 0 Å². The molecule has 2 aromatic rings. The van der Waals surface area contributed by atoms with Crippen molar-refractivity contribution in [3.05, 3.63) is 49.6 Å². The molecule has 1 nitrogen and oxygen atoms in total. The lowest BCUT2D eigenvalue weighted by atomic mass is 10.1. The van der Waals surface area contributed by atoms with Crippen LogP contribution in [0.3, 0.4) is 0 Å². The van der Waals surface area contributed by atoms with E-state index in [0.29, 0.717) is 10.0 Å². The molecule has 0 fully saturated rings. The summed E-state index contributed by atoms with van der Waals surface area (Å²) < 4.78 is 1.17. The fourth-order valence-electron chi connectivity index (χ4n) is 1.35. The number of halogens is 3. The van der Waals surface area contributed by atoms with Gasteiger partial charge >= 0.3 is 0 Å². The van der Waals surface area contributed by atoms with Crippen LogP contribution in [0.5, 0.6) is 0 Å². The minimum atomic E-state index is 0.552. The van der Waals surface area contributed by atoms with Crippen LogP contribution in [0.15, 0.2) is 30.5 Å². The van der Waals surface area contributed by atoms with E-state index in [9.17, 15) is 0 Å². The second kappa shape index (κ2) is 4.90. The molecule has 1 aromatic carbocycles. The van der Waals surface area contributed by atoms with Crippen molar-refractivity contribution < 1.29 is 0 Å². The van der Waals surface area contributed by atoms with Gasteiger partial charge in [0.05, 0.1) is 15.7 Å². The van der Waals surface area contributed by atoms with Gasteiger partial charge in [0, 0.05) is 15.3 Å². The van der Waals surface area contributed by atoms with Crippen molar-refractivity contribution in [2.75, 3.05) is 0 Å². The lowest BCUT2D eigenvalue weighted by Gasteiger charge is -2.06. The van der Waals surface area contributed by atoms with Crippen molar-refractivity contribution >= 4 is 45.8 Å². The number of nitrogens with zero attached hydrogens (tertiary/aromatic N) is 1. The Morgan fingerprint density at radius 2 is 2.00 bits per heavy atom. The molecule has 0 bridgehead atoms. The third kappa shape index (κ3) is 2.34. The zero-order valence-electron chi connectivity index (χ0n) is 8.47. The third-order valence-corrected chi connectivity index (χ3v) is 4.25. The summed E-state index contributed by atoms with van der Waals surface area (Å²) in [5.74, 6) is 0. The molecule has 0 saturated carbocycles. The number of hydrogen-bond donors (Lipinski definition) is 0. The standard InChI is InChI=1S/C12H8Cl2IN/c1-7-6-16-11(5-10(7)15)8-3-2-4-9(13)12(8)14/h2-6H,1H3. The Balaban J connectivity index is 2.59. The molecule has 0 saturated heterocycles. The Hall–Kier alpha value is -0.320. The molecule has 1 heterocycles. The van der Waals surface area contributed by atoms with Crippen LogP contribution in [0.25, 0.3) is 11.3 Å². The van der Waals surface area contributed by atoms with E-state index < -0.39 is 0 Å². The molecule has 0 N–H and O–H groups in total.